The van der Waals surface area contributed by atoms with E-state index < -0.39 is 0 Å². The molecule has 0 heterocycles. The van der Waals surface area contributed by atoms with E-state index in [1.165, 1.54) is 32.1 Å². The zero-order chi connectivity index (χ0) is 10.5. The summed E-state index contributed by atoms with van der Waals surface area (Å²) in [6.07, 6.45) is 7.10. The van der Waals surface area contributed by atoms with Crippen molar-refractivity contribution >= 4 is 0 Å². The average Bonchev–Trinajstić information content (AvgIpc) is 2.15. The summed E-state index contributed by atoms with van der Waals surface area (Å²) in [4.78, 5) is 0. The van der Waals surface area contributed by atoms with Crippen LogP contribution in [0.5, 0.6) is 0 Å². The van der Waals surface area contributed by atoms with Crippen LogP contribution in [-0.4, -0.2) is 0 Å². The zero-order valence-corrected chi connectivity index (χ0v) is 10.5. The van der Waals surface area contributed by atoms with Crippen LogP contribution in [0.25, 0.3) is 0 Å². The van der Waals surface area contributed by atoms with Crippen molar-refractivity contribution in [2.24, 2.45) is 10.8 Å². The Morgan fingerprint density at radius 1 is 1.00 bits per heavy atom. The molecule has 0 aromatic carbocycles. The van der Waals surface area contributed by atoms with E-state index in [4.69, 9.17) is 0 Å². The van der Waals surface area contributed by atoms with E-state index in [0.29, 0.717) is 10.8 Å². The highest BCUT2D eigenvalue weighted by molar-refractivity contribution is 5.00. The maximum absolute atomic E-state index is 2.44. The monoisotopic (exact) mass is 184 g/mol. The summed E-state index contributed by atoms with van der Waals surface area (Å²) in [5.74, 6) is 0. The van der Waals surface area contributed by atoms with Gasteiger partial charge in [0.1, 0.15) is 0 Å². The molecule has 1 atom stereocenters. The third kappa shape index (κ3) is 2.27. The molecular formula is C13H28. The van der Waals surface area contributed by atoms with E-state index in [1.54, 1.807) is 0 Å². The molecule has 0 saturated heterocycles. The van der Waals surface area contributed by atoms with E-state index in [2.05, 4.69) is 27.7 Å². The van der Waals surface area contributed by atoms with E-state index in [1.807, 2.05) is 13.8 Å². The third-order valence-electron chi connectivity index (χ3n) is 4.07. The Balaban J connectivity index is 0.000000671. The highest BCUT2D eigenvalue weighted by atomic mass is 14.5. The number of hydrogen-bond acceptors (Lipinski definition) is 0. The fourth-order valence-corrected chi connectivity index (χ4v) is 2.75. The molecule has 1 aliphatic rings. The van der Waals surface area contributed by atoms with Gasteiger partial charge in [0.15, 0.2) is 0 Å². The van der Waals surface area contributed by atoms with Crippen LogP contribution in [0.1, 0.15) is 73.6 Å². The lowest BCUT2D eigenvalue weighted by Gasteiger charge is -2.57. The van der Waals surface area contributed by atoms with E-state index >= 15 is 0 Å². The van der Waals surface area contributed by atoms with Crippen molar-refractivity contribution in [2.45, 2.75) is 73.6 Å². The predicted molar refractivity (Wildman–Crippen MR) is 62.0 cm³/mol. The van der Waals surface area contributed by atoms with Gasteiger partial charge in [-0.1, -0.05) is 48.0 Å². The van der Waals surface area contributed by atoms with Crippen LogP contribution < -0.4 is 0 Å². The van der Waals surface area contributed by atoms with Crippen LogP contribution in [0.2, 0.25) is 0 Å². The molecule has 1 unspecified atom stereocenters. The van der Waals surface area contributed by atoms with Gasteiger partial charge in [0.2, 0.25) is 0 Å². The Hall–Kier alpha value is 0. The largest absolute Gasteiger partial charge is 0.0683 e. The molecular weight excluding hydrogens is 156 g/mol. The SMILES string of the molecule is CC.CCCC1(CC)CCC1(C)C. The van der Waals surface area contributed by atoms with Gasteiger partial charge in [-0.15, -0.1) is 0 Å². The molecule has 13 heavy (non-hydrogen) atoms. The van der Waals surface area contributed by atoms with Crippen molar-refractivity contribution in [2.75, 3.05) is 0 Å². The highest BCUT2D eigenvalue weighted by Crippen LogP contribution is 2.60. The minimum absolute atomic E-state index is 0.637. The average molecular weight is 184 g/mol. The van der Waals surface area contributed by atoms with Crippen LogP contribution in [0.3, 0.4) is 0 Å². The van der Waals surface area contributed by atoms with Crippen LogP contribution >= 0.6 is 0 Å². The van der Waals surface area contributed by atoms with Gasteiger partial charge in [0, 0.05) is 0 Å². The van der Waals surface area contributed by atoms with Crippen molar-refractivity contribution in [1.82, 2.24) is 0 Å². The molecule has 0 aliphatic heterocycles. The van der Waals surface area contributed by atoms with Crippen LogP contribution in [-0.2, 0) is 0 Å². The molecule has 80 valence electrons. The standard InChI is InChI=1S/C11H22.C2H6/c1-5-7-11(6-2)9-8-10(11,3)4;1-2/h5-9H2,1-4H3;1-2H3. The Bertz CT molecular complexity index is 131. The van der Waals surface area contributed by atoms with Crippen molar-refractivity contribution in [3.8, 4) is 0 Å². The molecule has 0 aromatic rings. The van der Waals surface area contributed by atoms with E-state index in [9.17, 15) is 0 Å². The number of hydrogen-bond donors (Lipinski definition) is 0. The van der Waals surface area contributed by atoms with Crippen molar-refractivity contribution in [1.29, 1.82) is 0 Å². The summed E-state index contributed by atoms with van der Waals surface area (Å²) in [5, 5.41) is 0. The van der Waals surface area contributed by atoms with Gasteiger partial charge in [-0.3, -0.25) is 0 Å². The molecule has 0 aromatic heterocycles. The number of rotatable bonds is 3. The lowest BCUT2D eigenvalue weighted by molar-refractivity contribution is -0.0625. The molecule has 1 aliphatic carbocycles. The topological polar surface area (TPSA) is 0 Å². The van der Waals surface area contributed by atoms with Gasteiger partial charge in [-0.25, -0.2) is 0 Å². The molecule has 0 spiro atoms. The predicted octanol–water partition coefficient (Wildman–Crippen LogP) is 5.03. The lowest BCUT2D eigenvalue weighted by Crippen LogP contribution is -2.46. The second kappa shape index (κ2) is 5.02. The van der Waals surface area contributed by atoms with Crippen molar-refractivity contribution in [3.63, 3.8) is 0 Å². The third-order valence-corrected chi connectivity index (χ3v) is 4.07. The molecule has 1 rings (SSSR count). The van der Waals surface area contributed by atoms with Crippen molar-refractivity contribution < 1.29 is 0 Å². The molecule has 1 saturated carbocycles. The highest BCUT2D eigenvalue weighted by Gasteiger charge is 2.50. The van der Waals surface area contributed by atoms with Crippen LogP contribution in [0, 0.1) is 10.8 Å². The quantitative estimate of drug-likeness (QED) is 0.577. The van der Waals surface area contributed by atoms with Crippen molar-refractivity contribution in [3.05, 3.63) is 0 Å². The summed E-state index contributed by atoms with van der Waals surface area (Å²) in [6, 6.07) is 0. The lowest BCUT2D eigenvalue weighted by atomic mass is 9.48. The fourth-order valence-electron chi connectivity index (χ4n) is 2.75. The summed E-state index contributed by atoms with van der Waals surface area (Å²) < 4.78 is 0. The second-order valence-electron chi connectivity index (χ2n) is 4.77. The molecule has 0 N–H and O–H groups in total. The Kier molecular flexibility index (Phi) is 5.02. The van der Waals surface area contributed by atoms with Gasteiger partial charge in [-0.2, -0.15) is 0 Å². The minimum Gasteiger partial charge on any atom is -0.0683 e. The van der Waals surface area contributed by atoms with Gasteiger partial charge >= 0.3 is 0 Å². The summed E-state index contributed by atoms with van der Waals surface area (Å²) >= 11 is 0. The first kappa shape index (κ1) is 13.0. The van der Waals surface area contributed by atoms with Gasteiger partial charge in [0.05, 0.1) is 0 Å². The molecule has 0 bridgehead atoms. The first-order valence-corrected chi connectivity index (χ1v) is 6.08. The second-order valence-corrected chi connectivity index (χ2v) is 4.77. The Labute approximate surface area is 85.1 Å². The summed E-state index contributed by atoms with van der Waals surface area (Å²) in [5.41, 5.74) is 1.35. The Morgan fingerprint density at radius 3 is 1.62 bits per heavy atom. The normalized spacial score (nSPS) is 30.0. The first-order valence-electron chi connectivity index (χ1n) is 6.08. The maximum atomic E-state index is 2.44. The Morgan fingerprint density at radius 2 is 1.54 bits per heavy atom. The molecule has 0 amide bonds. The fraction of sp³-hybridized carbons (Fsp3) is 1.00. The van der Waals surface area contributed by atoms with Crippen LogP contribution in [0.15, 0.2) is 0 Å². The van der Waals surface area contributed by atoms with Crippen LogP contribution in [0.4, 0.5) is 0 Å². The molecule has 0 radical (unpaired) electrons. The van der Waals surface area contributed by atoms with Gasteiger partial charge in [-0.05, 0) is 36.5 Å². The summed E-state index contributed by atoms with van der Waals surface area (Å²) in [6.45, 7) is 13.5. The first-order chi connectivity index (χ1) is 6.08. The maximum Gasteiger partial charge on any atom is -0.0249 e. The zero-order valence-electron chi connectivity index (χ0n) is 10.5. The minimum atomic E-state index is 0.637. The van der Waals surface area contributed by atoms with Gasteiger partial charge in [0.25, 0.3) is 0 Å². The van der Waals surface area contributed by atoms with E-state index in [-0.39, 0.29) is 0 Å². The van der Waals surface area contributed by atoms with E-state index in [0.717, 1.165) is 0 Å². The summed E-state index contributed by atoms with van der Waals surface area (Å²) in [7, 11) is 0. The van der Waals surface area contributed by atoms with Gasteiger partial charge < -0.3 is 0 Å². The molecule has 0 heteroatoms. The molecule has 1 fully saturated rings. The molecule has 0 nitrogen and oxygen atoms in total. The smallest absolute Gasteiger partial charge is 0.0249 e.